The normalized spacial score (nSPS) is 15.2. The number of rotatable bonds is 5. The first-order chi connectivity index (χ1) is 9.54. The molecule has 5 nitrogen and oxygen atoms in total. The van der Waals surface area contributed by atoms with Gasteiger partial charge >= 0.3 is 5.97 Å². The number of anilines is 1. The van der Waals surface area contributed by atoms with E-state index in [9.17, 15) is 15.0 Å². The van der Waals surface area contributed by atoms with Crippen molar-refractivity contribution >= 4 is 39.2 Å². The van der Waals surface area contributed by atoms with E-state index in [1.54, 1.807) is 0 Å². The van der Waals surface area contributed by atoms with Crippen LogP contribution in [0.3, 0.4) is 0 Å². The second-order valence-electron chi connectivity index (χ2n) is 4.53. The van der Waals surface area contributed by atoms with Crippen LogP contribution in [0.5, 0.6) is 5.75 Å². The van der Waals surface area contributed by atoms with Crippen LogP contribution in [-0.4, -0.2) is 41.3 Å². The topological polar surface area (TPSA) is 78.8 Å². The lowest BCUT2D eigenvalue weighted by Gasteiger charge is -2.24. The molecule has 0 fully saturated rings. The Morgan fingerprint density at radius 3 is 3.00 bits per heavy atom. The molecule has 0 saturated carbocycles. The molecule has 1 unspecified atom stereocenters. The molecule has 1 atom stereocenters. The van der Waals surface area contributed by atoms with Crippen LogP contribution in [0.15, 0.2) is 10.5 Å². The fourth-order valence-electron chi connectivity index (χ4n) is 2.14. The van der Waals surface area contributed by atoms with Crippen molar-refractivity contribution in [2.75, 3.05) is 24.3 Å². The summed E-state index contributed by atoms with van der Waals surface area (Å²) in [5.41, 5.74) is 1.73. The van der Waals surface area contributed by atoms with Gasteiger partial charge in [0.05, 0.1) is 24.3 Å². The van der Waals surface area contributed by atoms with Gasteiger partial charge in [0.15, 0.2) is 0 Å². The van der Waals surface area contributed by atoms with E-state index in [1.807, 2.05) is 0 Å². The summed E-state index contributed by atoms with van der Waals surface area (Å²) in [6.45, 7) is 0.805. The predicted molar refractivity (Wildman–Crippen MR) is 80.1 cm³/mol. The quantitative estimate of drug-likeness (QED) is 0.700. The molecule has 0 aliphatic carbocycles. The van der Waals surface area contributed by atoms with E-state index in [-0.39, 0.29) is 11.4 Å². The molecule has 0 amide bonds. The standard InChI is InChI=1S/C13H15BrClNO4/c14-10-4-9(13(18)19)12-8(2-1-3-20-12)11(10)16-6-7(17)5-15/h4,7,16-17H,1-3,5-6H2,(H,18,19). The fraction of sp³-hybridized carbons (Fsp3) is 0.462. The summed E-state index contributed by atoms with van der Waals surface area (Å²) in [4.78, 5) is 11.3. The number of carboxylic acid groups (broad SMARTS) is 1. The zero-order chi connectivity index (χ0) is 14.7. The Balaban J connectivity index is 2.39. The minimum absolute atomic E-state index is 0.135. The smallest absolute Gasteiger partial charge is 0.339 e. The summed E-state index contributed by atoms with van der Waals surface area (Å²) < 4.78 is 6.15. The zero-order valence-electron chi connectivity index (χ0n) is 10.7. The average molecular weight is 365 g/mol. The number of carbonyl (C=O) groups is 1. The SMILES string of the molecule is O=C(O)c1cc(Br)c(NCC(O)CCl)c2c1OCCC2. The molecule has 0 spiro atoms. The lowest BCUT2D eigenvalue weighted by Crippen LogP contribution is -2.23. The molecule has 0 aromatic heterocycles. The Morgan fingerprint density at radius 1 is 1.60 bits per heavy atom. The third kappa shape index (κ3) is 3.19. The predicted octanol–water partition coefficient (Wildman–Crippen LogP) is 2.48. The monoisotopic (exact) mass is 363 g/mol. The highest BCUT2D eigenvalue weighted by Crippen LogP contribution is 2.40. The van der Waals surface area contributed by atoms with Crippen molar-refractivity contribution in [3.8, 4) is 5.75 Å². The van der Waals surface area contributed by atoms with E-state index in [0.29, 0.717) is 23.4 Å². The van der Waals surface area contributed by atoms with Gasteiger partial charge in [-0.2, -0.15) is 0 Å². The number of halogens is 2. The molecule has 110 valence electrons. The maximum Gasteiger partial charge on any atom is 0.339 e. The van der Waals surface area contributed by atoms with Crippen LogP contribution in [0.4, 0.5) is 5.69 Å². The second-order valence-corrected chi connectivity index (χ2v) is 5.70. The molecule has 7 heteroatoms. The van der Waals surface area contributed by atoms with Crippen LogP contribution in [0, 0.1) is 0 Å². The Hall–Kier alpha value is -0.980. The number of hydrogen-bond acceptors (Lipinski definition) is 4. The first-order valence-corrected chi connectivity index (χ1v) is 7.56. The van der Waals surface area contributed by atoms with E-state index in [0.717, 1.165) is 24.1 Å². The maximum absolute atomic E-state index is 11.3. The molecule has 20 heavy (non-hydrogen) atoms. The van der Waals surface area contributed by atoms with Crippen LogP contribution in [-0.2, 0) is 6.42 Å². The molecule has 1 aromatic rings. The summed E-state index contributed by atoms with van der Waals surface area (Å²) >= 11 is 8.93. The van der Waals surface area contributed by atoms with Gasteiger partial charge in [-0.15, -0.1) is 11.6 Å². The number of ether oxygens (including phenoxy) is 1. The number of nitrogens with one attached hydrogen (secondary N) is 1. The van der Waals surface area contributed by atoms with E-state index in [2.05, 4.69) is 21.2 Å². The molecular weight excluding hydrogens is 350 g/mol. The Morgan fingerprint density at radius 2 is 2.35 bits per heavy atom. The molecule has 0 bridgehead atoms. The molecule has 3 N–H and O–H groups in total. The summed E-state index contributed by atoms with van der Waals surface area (Å²) in [7, 11) is 0. The van der Waals surface area contributed by atoms with E-state index >= 15 is 0 Å². The van der Waals surface area contributed by atoms with Gasteiger partial charge in [-0.1, -0.05) is 0 Å². The van der Waals surface area contributed by atoms with E-state index < -0.39 is 12.1 Å². The molecule has 1 aliphatic heterocycles. The highest BCUT2D eigenvalue weighted by atomic mass is 79.9. The van der Waals surface area contributed by atoms with Crippen molar-refractivity contribution in [2.24, 2.45) is 0 Å². The van der Waals surface area contributed by atoms with Crippen molar-refractivity contribution in [1.82, 2.24) is 0 Å². The molecule has 0 saturated heterocycles. The summed E-state index contributed by atoms with van der Waals surface area (Å²) in [5.74, 6) is -0.470. The Labute approximate surface area is 130 Å². The third-order valence-electron chi connectivity index (χ3n) is 3.07. The lowest BCUT2D eigenvalue weighted by molar-refractivity contribution is 0.0691. The van der Waals surface area contributed by atoms with Crippen molar-refractivity contribution < 1.29 is 19.7 Å². The third-order valence-corrected chi connectivity index (χ3v) is 4.05. The highest BCUT2D eigenvalue weighted by molar-refractivity contribution is 9.10. The number of carboxylic acids is 1. The minimum Gasteiger partial charge on any atom is -0.492 e. The van der Waals surface area contributed by atoms with Crippen molar-refractivity contribution in [1.29, 1.82) is 0 Å². The first-order valence-electron chi connectivity index (χ1n) is 6.24. The zero-order valence-corrected chi connectivity index (χ0v) is 13.0. The van der Waals surface area contributed by atoms with Gasteiger partial charge in [-0.3, -0.25) is 0 Å². The number of alkyl halides is 1. The summed E-state index contributed by atoms with van der Waals surface area (Å²) in [6, 6.07) is 1.52. The van der Waals surface area contributed by atoms with Gasteiger partial charge in [0, 0.05) is 16.6 Å². The number of benzene rings is 1. The van der Waals surface area contributed by atoms with Gasteiger partial charge < -0.3 is 20.3 Å². The van der Waals surface area contributed by atoms with Gasteiger partial charge in [0.1, 0.15) is 11.3 Å². The summed E-state index contributed by atoms with van der Waals surface area (Å²) in [6.07, 6.45) is 0.895. The number of aromatic carboxylic acids is 1. The molecule has 1 heterocycles. The molecule has 0 radical (unpaired) electrons. The van der Waals surface area contributed by atoms with Crippen LogP contribution >= 0.6 is 27.5 Å². The molecular formula is C13H15BrClNO4. The van der Waals surface area contributed by atoms with Crippen LogP contribution < -0.4 is 10.1 Å². The first kappa shape index (κ1) is 15.4. The maximum atomic E-state index is 11.3. The molecule has 1 aliphatic rings. The van der Waals surface area contributed by atoms with Crippen molar-refractivity contribution in [3.63, 3.8) is 0 Å². The minimum atomic E-state index is -1.02. The van der Waals surface area contributed by atoms with Gasteiger partial charge in [-0.05, 0) is 34.8 Å². The second kappa shape index (κ2) is 6.65. The van der Waals surface area contributed by atoms with Crippen molar-refractivity contribution in [2.45, 2.75) is 18.9 Å². The summed E-state index contributed by atoms with van der Waals surface area (Å²) in [5, 5.41) is 21.9. The molecule has 2 rings (SSSR count). The van der Waals surface area contributed by atoms with Gasteiger partial charge in [0.2, 0.25) is 0 Å². The number of fused-ring (bicyclic) bond motifs is 1. The molecule has 1 aromatic carbocycles. The van der Waals surface area contributed by atoms with E-state index in [4.69, 9.17) is 16.3 Å². The number of aliphatic hydroxyl groups is 1. The van der Waals surface area contributed by atoms with Gasteiger partial charge in [-0.25, -0.2) is 4.79 Å². The Kier molecular flexibility index (Phi) is 5.12. The van der Waals surface area contributed by atoms with Crippen LogP contribution in [0.25, 0.3) is 0 Å². The van der Waals surface area contributed by atoms with Crippen molar-refractivity contribution in [3.05, 3.63) is 21.7 Å². The van der Waals surface area contributed by atoms with Gasteiger partial charge in [0.25, 0.3) is 0 Å². The highest BCUT2D eigenvalue weighted by Gasteiger charge is 2.24. The largest absolute Gasteiger partial charge is 0.492 e. The number of aliphatic hydroxyl groups excluding tert-OH is 1. The average Bonchev–Trinajstić information content (AvgIpc) is 2.45. The van der Waals surface area contributed by atoms with E-state index in [1.165, 1.54) is 6.07 Å². The fourth-order valence-corrected chi connectivity index (χ4v) is 2.85. The van der Waals surface area contributed by atoms with Crippen LogP contribution in [0.1, 0.15) is 22.3 Å². The Bertz CT molecular complexity index is 524. The van der Waals surface area contributed by atoms with Crippen LogP contribution in [0.2, 0.25) is 0 Å². The number of hydrogen-bond donors (Lipinski definition) is 3. The lowest BCUT2D eigenvalue weighted by atomic mass is 10.00.